The Morgan fingerprint density at radius 2 is 2.00 bits per heavy atom. The normalized spacial score (nSPS) is 11.6. The molecule has 2 aromatic rings. The van der Waals surface area contributed by atoms with Crippen LogP contribution >= 0.6 is 27.3 Å². The summed E-state index contributed by atoms with van der Waals surface area (Å²) in [5, 5.41) is 2.55. The fraction of sp³-hybridized carbons (Fsp3) is 0.100. The molecule has 0 fully saturated rings. The second kappa shape index (κ2) is 5.26. The fourth-order valence-corrected chi connectivity index (χ4v) is 3.09. The van der Waals surface area contributed by atoms with Gasteiger partial charge in [-0.15, -0.1) is 11.3 Å². The van der Waals surface area contributed by atoms with Crippen molar-refractivity contribution < 1.29 is 8.42 Å². The van der Waals surface area contributed by atoms with E-state index in [1.807, 2.05) is 5.38 Å². The molecule has 17 heavy (non-hydrogen) atoms. The van der Waals surface area contributed by atoms with Gasteiger partial charge in [0.2, 0.25) is 10.0 Å². The smallest absolute Gasteiger partial charge is 0.240 e. The number of aromatic nitrogens is 1. The zero-order valence-electron chi connectivity index (χ0n) is 8.63. The van der Waals surface area contributed by atoms with Crippen LogP contribution in [0.3, 0.4) is 0 Å². The highest BCUT2D eigenvalue weighted by Crippen LogP contribution is 2.15. The molecule has 1 heterocycles. The van der Waals surface area contributed by atoms with Gasteiger partial charge in [0.25, 0.3) is 0 Å². The second-order valence-corrected chi connectivity index (χ2v) is 6.87. The second-order valence-electron chi connectivity index (χ2n) is 3.20. The number of nitrogens with zero attached hydrogens (tertiary/aromatic N) is 1. The molecule has 90 valence electrons. The SMILES string of the molecule is O=S(=O)(NCc1nccs1)c1ccc(Br)cc1. The molecule has 1 aromatic heterocycles. The average molecular weight is 333 g/mol. The molecule has 2 rings (SSSR count). The van der Waals surface area contributed by atoms with Crippen LogP contribution in [0.4, 0.5) is 0 Å². The highest BCUT2D eigenvalue weighted by atomic mass is 79.9. The Morgan fingerprint density at radius 1 is 1.29 bits per heavy atom. The number of nitrogens with one attached hydrogen (secondary N) is 1. The van der Waals surface area contributed by atoms with Gasteiger partial charge in [-0.2, -0.15) is 0 Å². The summed E-state index contributed by atoms with van der Waals surface area (Å²) in [7, 11) is -3.46. The standard InChI is InChI=1S/C10H9BrN2O2S2/c11-8-1-3-9(4-2-8)17(14,15)13-7-10-12-5-6-16-10/h1-6,13H,7H2. The number of rotatable bonds is 4. The number of benzene rings is 1. The topological polar surface area (TPSA) is 59.1 Å². The molecule has 0 aliphatic heterocycles. The van der Waals surface area contributed by atoms with Crippen molar-refractivity contribution in [3.05, 3.63) is 45.3 Å². The lowest BCUT2D eigenvalue weighted by atomic mass is 10.4. The molecular formula is C10H9BrN2O2S2. The summed E-state index contributed by atoms with van der Waals surface area (Å²) in [6.07, 6.45) is 1.65. The van der Waals surface area contributed by atoms with Gasteiger partial charge in [-0.3, -0.25) is 0 Å². The van der Waals surface area contributed by atoms with Gasteiger partial charge in [-0.05, 0) is 24.3 Å². The summed E-state index contributed by atoms with van der Waals surface area (Å²) in [6, 6.07) is 6.48. The van der Waals surface area contributed by atoms with E-state index in [2.05, 4.69) is 25.6 Å². The van der Waals surface area contributed by atoms with Crippen molar-refractivity contribution in [3.8, 4) is 0 Å². The Balaban J connectivity index is 2.11. The van der Waals surface area contributed by atoms with Crippen molar-refractivity contribution in [1.82, 2.24) is 9.71 Å². The highest BCUT2D eigenvalue weighted by Gasteiger charge is 2.13. The fourth-order valence-electron chi connectivity index (χ4n) is 1.19. The van der Waals surface area contributed by atoms with Crippen LogP contribution in [0, 0.1) is 0 Å². The summed E-state index contributed by atoms with van der Waals surface area (Å²) in [5.74, 6) is 0. The minimum atomic E-state index is -3.46. The molecule has 0 spiro atoms. The predicted molar refractivity (Wildman–Crippen MR) is 70.3 cm³/mol. The van der Waals surface area contributed by atoms with Gasteiger partial charge in [-0.1, -0.05) is 15.9 Å². The number of sulfonamides is 1. The van der Waals surface area contributed by atoms with E-state index < -0.39 is 10.0 Å². The van der Waals surface area contributed by atoms with Gasteiger partial charge < -0.3 is 0 Å². The maximum absolute atomic E-state index is 11.9. The Bertz CT molecular complexity index is 579. The molecule has 0 unspecified atom stereocenters. The molecule has 0 atom stereocenters. The first kappa shape index (κ1) is 12.7. The van der Waals surface area contributed by atoms with Crippen LogP contribution in [0.25, 0.3) is 0 Å². The zero-order valence-corrected chi connectivity index (χ0v) is 11.8. The molecule has 0 bridgehead atoms. The van der Waals surface area contributed by atoms with E-state index >= 15 is 0 Å². The third-order valence-electron chi connectivity index (χ3n) is 2.02. The van der Waals surface area contributed by atoms with E-state index in [0.717, 1.165) is 9.48 Å². The molecular weight excluding hydrogens is 324 g/mol. The van der Waals surface area contributed by atoms with Crippen LogP contribution in [0.1, 0.15) is 5.01 Å². The Labute approximate surface area is 112 Å². The third-order valence-corrected chi connectivity index (χ3v) is 4.75. The molecule has 0 saturated heterocycles. The Morgan fingerprint density at radius 3 is 2.59 bits per heavy atom. The van der Waals surface area contributed by atoms with Crippen LogP contribution in [0.15, 0.2) is 45.2 Å². The lowest BCUT2D eigenvalue weighted by molar-refractivity contribution is 0.581. The first-order valence-electron chi connectivity index (χ1n) is 4.71. The highest BCUT2D eigenvalue weighted by molar-refractivity contribution is 9.10. The maximum Gasteiger partial charge on any atom is 0.240 e. The molecule has 1 aromatic carbocycles. The summed E-state index contributed by atoms with van der Waals surface area (Å²) >= 11 is 4.67. The molecule has 0 radical (unpaired) electrons. The van der Waals surface area contributed by atoms with Crippen molar-refractivity contribution in [2.45, 2.75) is 11.4 Å². The number of thiazole rings is 1. The molecule has 1 N–H and O–H groups in total. The molecule has 0 amide bonds. The van der Waals surface area contributed by atoms with Crippen LogP contribution < -0.4 is 4.72 Å². The van der Waals surface area contributed by atoms with Gasteiger partial charge >= 0.3 is 0 Å². The number of hydrogen-bond acceptors (Lipinski definition) is 4. The van der Waals surface area contributed by atoms with E-state index in [4.69, 9.17) is 0 Å². The van der Waals surface area contributed by atoms with E-state index in [1.165, 1.54) is 11.3 Å². The average Bonchev–Trinajstić information content (AvgIpc) is 2.80. The number of halogens is 1. The zero-order chi connectivity index (χ0) is 12.3. The van der Waals surface area contributed by atoms with Crippen LogP contribution in [-0.4, -0.2) is 13.4 Å². The first-order valence-corrected chi connectivity index (χ1v) is 7.87. The van der Waals surface area contributed by atoms with E-state index in [0.29, 0.717) is 0 Å². The van der Waals surface area contributed by atoms with Gasteiger partial charge in [-0.25, -0.2) is 18.1 Å². The Hall–Kier alpha value is -0.760. The Kier molecular flexibility index (Phi) is 3.93. The molecule has 4 nitrogen and oxygen atoms in total. The van der Waals surface area contributed by atoms with E-state index in [9.17, 15) is 8.42 Å². The molecule has 0 saturated carbocycles. The summed E-state index contributed by atoms with van der Waals surface area (Å²) in [6.45, 7) is 0.218. The van der Waals surface area contributed by atoms with Crippen molar-refractivity contribution in [1.29, 1.82) is 0 Å². The monoisotopic (exact) mass is 332 g/mol. The lowest BCUT2D eigenvalue weighted by Gasteiger charge is -2.04. The van der Waals surface area contributed by atoms with Crippen molar-refractivity contribution in [2.24, 2.45) is 0 Å². The van der Waals surface area contributed by atoms with Gasteiger partial charge in [0, 0.05) is 16.0 Å². The summed E-state index contributed by atoms with van der Waals surface area (Å²) in [5.41, 5.74) is 0. The quantitative estimate of drug-likeness (QED) is 0.935. The molecule has 7 heteroatoms. The van der Waals surface area contributed by atoms with Crippen LogP contribution in [0.5, 0.6) is 0 Å². The van der Waals surface area contributed by atoms with Gasteiger partial charge in [0.1, 0.15) is 5.01 Å². The number of hydrogen-bond donors (Lipinski definition) is 1. The van der Waals surface area contributed by atoms with Crippen molar-refractivity contribution in [2.75, 3.05) is 0 Å². The van der Waals surface area contributed by atoms with Gasteiger partial charge in [0.05, 0.1) is 11.4 Å². The minimum Gasteiger partial charge on any atom is -0.248 e. The molecule has 0 aliphatic rings. The van der Waals surface area contributed by atoms with Crippen LogP contribution in [-0.2, 0) is 16.6 Å². The van der Waals surface area contributed by atoms with Crippen molar-refractivity contribution >= 4 is 37.3 Å². The maximum atomic E-state index is 11.9. The first-order chi connectivity index (χ1) is 8.08. The minimum absolute atomic E-state index is 0.218. The van der Waals surface area contributed by atoms with E-state index in [1.54, 1.807) is 30.5 Å². The largest absolute Gasteiger partial charge is 0.248 e. The van der Waals surface area contributed by atoms with E-state index in [-0.39, 0.29) is 11.4 Å². The molecule has 0 aliphatic carbocycles. The summed E-state index contributed by atoms with van der Waals surface area (Å²) in [4.78, 5) is 4.26. The van der Waals surface area contributed by atoms with Gasteiger partial charge in [0.15, 0.2) is 0 Å². The third kappa shape index (κ3) is 3.35. The lowest BCUT2D eigenvalue weighted by Crippen LogP contribution is -2.23. The summed E-state index contributed by atoms with van der Waals surface area (Å²) < 4.78 is 27.1. The predicted octanol–water partition coefficient (Wildman–Crippen LogP) is 2.38. The van der Waals surface area contributed by atoms with Crippen molar-refractivity contribution in [3.63, 3.8) is 0 Å². The van der Waals surface area contributed by atoms with Crippen LogP contribution in [0.2, 0.25) is 0 Å².